The van der Waals surface area contributed by atoms with Crippen LogP contribution in [0, 0.1) is 12.7 Å². The van der Waals surface area contributed by atoms with Crippen molar-refractivity contribution >= 4 is 16.5 Å². The molecule has 1 aliphatic heterocycles. The number of hydrogen-bond donors (Lipinski definition) is 0. The molecule has 0 spiro atoms. The topological polar surface area (TPSA) is 46.8 Å². The van der Waals surface area contributed by atoms with E-state index in [1.54, 1.807) is 23.5 Å². The number of benzene rings is 1. The number of halogens is 1. The first-order valence-electron chi connectivity index (χ1n) is 8.44. The van der Waals surface area contributed by atoms with Crippen LogP contribution < -0.4 is 4.90 Å². The van der Waals surface area contributed by atoms with Gasteiger partial charge in [-0.05, 0) is 31.4 Å². The van der Waals surface area contributed by atoms with Gasteiger partial charge in [0.15, 0.2) is 0 Å². The van der Waals surface area contributed by atoms with E-state index in [2.05, 4.69) is 27.1 Å². The zero-order valence-corrected chi connectivity index (χ0v) is 15.1. The van der Waals surface area contributed by atoms with Crippen molar-refractivity contribution in [1.82, 2.24) is 20.0 Å². The van der Waals surface area contributed by atoms with Gasteiger partial charge in [-0.2, -0.15) is 5.10 Å². The van der Waals surface area contributed by atoms with Crippen LogP contribution in [0.4, 0.5) is 9.52 Å². The fourth-order valence-electron chi connectivity index (χ4n) is 3.40. The quantitative estimate of drug-likeness (QED) is 0.715. The molecule has 2 aromatic heterocycles. The van der Waals surface area contributed by atoms with Crippen molar-refractivity contribution in [3.05, 3.63) is 58.1 Å². The predicted molar refractivity (Wildman–Crippen MR) is 96.4 cm³/mol. The maximum Gasteiger partial charge on any atom is 0.208 e. The molecular formula is C18H20FN5S. The summed E-state index contributed by atoms with van der Waals surface area (Å²) in [6, 6.07) is 7.13. The van der Waals surface area contributed by atoms with Crippen LogP contribution in [0.15, 0.2) is 30.5 Å². The van der Waals surface area contributed by atoms with Crippen molar-refractivity contribution < 1.29 is 4.39 Å². The van der Waals surface area contributed by atoms with Gasteiger partial charge in [-0.15, -0.1) is 10.2 Å². The molecule has 0 N–H and O–H groups in total. The first kappa shape index (κ1) is 16.2. The highest BCUT2D eigenvalue weighted by Gasteiger charge is 2.31. The van der Waals surface area contributed by atoms with Gasteiger partial charge in [0.1, 0.15) is 10.8 Å². The van der Waals surface area contributed by atoms with E-state index < -0.39 is 0 Å². The van der Waals surface area contributed by atoms with Gasteiger partial charge < -0.3 is 4.90 Å². The summed E-state index contributed by atoms with van der Waals surface area (Å²) in [7, 11) is 1.97. The summed E-state index contributed by atoms with van der Waals surface area (Å²) in [5, 5.41) is 14.8. The minimum atomic E-state index is -0.190. The molecule has 7 heteroatoms. The lowest BCUT2D eigenvalue weighted by Crippen LogP contribution is -2.22. The van der Waals surface area contributed by atoms with Crippen LogP contribution in [0.1, 0.15) is 40.7 Å². The van der Waals surface area contributed by atoms with Gasteiger partial charge in [-0.1, -0.05) is 29.5 Å². The van der Waals surface area contributed by atoms with Crippen LogP contribution in [-0.4, -0.2) is 26.5 Å². The molecule has 1 saturated heterocycles. The summed E-state index contributed by atoms with van der Waals surface area (Å²) < 4.78 is 15.8. The largest absolute Gasteiger partial charge is 0.339 e. The zero-order valence-electron chi connectivity index (χ0n) is 14.3. The predicted octanol–water partition coefficient (Wildman–Crippen LogP) is 3.65. The number of rotatable bonds is 4. The van der Waals surface area contributed by atoms with Crippen LogP contribution in [-0.2, 0) is 13.5 Å². The highest BCUT2D eigenvalue weighted by Crippen LogP contribution is 2.38. The monoisotopic (exact) mass is 357 g/mol. The van der Waals surface area contributed by atoms with Gasteiger partial charge in [0.2, 0.25) is 5.13 Å². The first-order valence-corrected chi connectivity index (χ1v) is 9.26. The number of nitrogens with zero attached hydrogens (tertiary/aromatic N) is 5. The van der Waals surface area contributed by atoms with Crippen LogP contribution >= 0.6 is 11.3 Å². The summed E-state index contributed by atoms with van der Waals surface area (Å²) in [6.45, 7) is 3.07. The Labute approximate surface area is 150 Å². The van der Waals surface area contributed by atoms with E-state index in [0.29, 0.717) is 18.0 Å². The fraction of sp³-hybridized carbons (Fsp3) is 0.389. The van der Waals surface area contributed by atoms with Crippen LogP contribution in [0.3, 0.4) is 0 Å². The molecule has 0 aliphatic carbocycles. The molecule has 1 atom stereocenters. The summed E-state index contributed by atoms with van der Waals surface area (Å²) >= 11 is 1.55. The summed E-state index contributed by atoms with van der Waals surface area (Å²) in [5.41, 5.74) is 3.10. The maximum atomic E-state index is 13.8. The van der Waals surface area contributed by atoms with E-state index in [9.17, 15) is 4.39 Å². The second-order valence-electron chi connectivity index (χ2n) is 6.41. The standard InChI is InChI=1S/C18H20FN5S/c1-12-14(11-20-23(12)2)16-8-5-9-24(16)18-22-21-17(25-18)10-13-6-3-4-7-15(13)19/h3-4,6-7,11,16H,5,8-10H2,1-2H3. The summed E-state index contributed by atoms with van der Waals surface area (Å²) in [5.74, 6) is -0.190. The van der Waals surface area contributed by atoms with Gasteiger partial charge >= 0.3 is 0 Å². The number of hydrogen-bond acceptors (Lipinski definition) is 5. The molecule has 0 bridgehead atoms. The highest BCUT2D eigenvalue weighted by molar-refractivity contribution is 7.15. The smallest absolute Gasteiger partial charge is 0.208 e. The second kappa shape index (κ2) is 6.55. The molecule has 1 unspecified atom stereocenters. The van der Waals surface area contributed by atoms with Crippen molar-refractivity contribution in [3.8, 4) is 0 Å². The molecule has 3 heterocycles. The van der Waals surface area contributed by atoms with Gasteiger partial charge in [-0.25, -0.2) is 4.39 Å². The first-order chi connectivity index (χ1) is 12.1. The summed E-state index contributed by atoms with van der Waals surface area (Å²) in [6.07, 6.45) is 4.66. The van der Waals surface area contributed by atoms with E-state index in [0.717, 1.165) is 29.5 Å². The second-order valence-corrected chi connectivity index (χ2v) is 7.45. The van der Waals surface area contributed by atoms with Gasteiger partial charge in [-0.3, -0.25) is 4.68 Å². The van der Waals surface area contributed by atoms with Crippen LogP contribution in [0.2, 0.25) is 0 Å². The Kier molecular flexibility index (Phi) is 4.25. The van der Waals surface area contributed by atoms with E-state index in [1.807, 2.05) is 24.0 Å². The Bertz CT molecular complexity index is 887. The van der Waals surface area contributed by atoms with Crippen molar-refractivity contribution in [3.63, 3.8) is 0 Å². The van der Waals surface area contributed by atoms with Crippen LogP contribution in [0.5, 0.6) is 0 Å². The lowest BCUT2D eigenvalue weighted by molar-refractivity contribution is 0.613. The minimum absolute atomic E-state index is 0.190. The Morgan fingerprint density at radius 1 is 1.28 bits per heavy atom. The Hall–Kier alpha value is -2.28. The Morgan fingerprint density at radius 2 is 2.12 bits per heavy atom. The van der Waals surface area contributed by atoms with Crippen molar-refractivity contribution in [2.75, 3.05) is 11.4 Å². The molecule has 3 aromatic rings. The molecule has 5 nitrogen and oxygen atoms in total. The van der Waals surface area contributed by atoms with Gasteiger partial charge in [0, 0.05) is 31.3 Å². The number of anilines is 1. The van der Waals surface area contributed by atoms with E-state index >= 15 is 0 Å². The van der Waals surface area contributed by atoms with Crippen molar-refractivity contribution in [2.24, 2.45) is 7.05 Å². The molecule has 0 radical (unpaired) electrons. The van der Waals surface area contributed by atoms with E-state index in [4.69, 9.17) is 0 Å². The molecule has 1 aromatic carbocycles. The fourth-order valence-corrected chi connectivity index (χ4v) is 4.34. The highest BCUT2D eigenvalue weighted by atomic mass is 32.1. The molecule has 25 heavy (non-hydrogen) atoms. The molecule has 130 valence electrons. The van der Waals surface area contributed by atoms with Crippen LogP contribution in [0.25, 0.3) is 0 Å². The lowest BCUT2D eigenvalue weighted by atomic mass is 10.1. The third-order valence-electron chi connectivity index (χ3n) is 4.89. The third-order valence-corrected chi connectivity index (χ3v) is 5.85. The summed E-state index contributed by atoms with van der Waals surface area (Å²) in [4.78, 5) is 2.31. The molecule has 4 rings (SSSR count). The van der Waals surface area contributed by atoms with E-state index in [1.165, 1.54) is 17.3 Å². The molecule has 1 aliphatic rings. The normalized spacial score (nSPS) is 17.4. The number of aryl methyl sites for hydroxylation is 1. The molecule has 0 amide bonds. The Balaban J connectivity index is 1.57. The zero-order chi connectivity index (χ0) is 17.4. The lowest BCUT2D eigenvalue weighted by Gasteiger charge is -2.23. The SMILES string of the molecule is Cc1c(C2CCCN2c2nnc(Cc3ccccc3F)s2)cnn1C. The average molecular weight is 357 g/mol. The minimum Gasteiger partial charge on any atom is -0.339 e. The third kappa shape index (κ3) is 3.04. The van der Waals surface area contributed by atoms with E-state index in [-0.39, 0.29) is 5.82 Å². The maximum absolute atomic E-state index is 13.8. The Morgan fingerprint density at radius 3 is 2.88 bits per heavy atom. The molecule has 1 fully saturated rings. The average Bonchev–Trinajstić information content (AvgIpc) is 3.31. The molecular weight excluding hydrogens is 337 g/mol. The molecule has 0 saturated carbocycles. The van der Waals surface area contributed by atoms with Gasteiger partial charge in [0.05, 0.1) is 12.2 Å². The van der Waals surface area contributed by atoms with Gasteiger partial charge in [0.25, 0.3) is 0 Å². The van der Waals surface area contributed by atoms with Crippen molar-refractivity contribution in [2.45, 2.75) is 32.2 Å². The number of aromatic nitrogens is 4. The van der Waals surface area contributed by atoms with Crippen molar-refractivity contribution in [1.29, 1.82) is 0 Å².